The molecule has 1 N–H and O–H groups in total. The first-order chi connectivity index (χ1) is 9.22. The minimum absolute atomic E-state index is 0.476. The molecule has 19 heavy (non-hydrogen) atoms. The summed E-state index contributed by atoms with van der Waals surface area (Å²) in [7, 11) is 2.26. The van der Waals surface area contributed by atoms with Crippen molar-refractivity contribution < 1.29 is 0 Å². The average Bonchev–Trinajstić information content (AvgIpc) is 3.24. The monoisotopic (exact) mass is 278 g/mol. The predicted octanol–water partition coefficient (Wildman–Crippen LogP) is 3.16. The number of hydrogen-bond acceptors (Lipinski definition) is 3. The van der Waals surface area contributed by atoms with Crippen molar-refractivity contribution in [3.63, 3.8) is 0 Å². The Hall–Kier alpha value is -0.510. The van der Waals surface area contributed by atoms with Gasteiger partial charge in [0.2, 0.25) is 0 Å². The van der Waals surface area contributed by atoms with Crippen molar-refractivity contribution in [1.29, 1.82) is 0 Å². The third kappa shape index (κ3) is 4.51. The van der Waals surface area contributed by atoms with Crippen LogP contribution in [0.25, 0.3) is 0 Å². The van der Waals surface area contributed by atoms with Crippen LogP contribution in [0.3, 0.4) is 0 Å². The highest BCUT2D eigenvalue weighted by atomic mass is 32.2. The van der Waals surface area contributed by atoms with Crippen molar-refractivity contribution in [2.45, 2.75) is 37.9 Å². The third-order valence-corrected chi connectivity index (χ3v) is 4.77. The molecule has 0 spiro atoms. The average molecular weight is 278 g/mol. The first-order valence-electron chi connectivity index (χ1n) is 7.21. The summed E-state index contributed by atoms with van der Waals surface area (Å²) in [6.45, 7) is 3.38. The molecular formula is C16H26N2S. The van der Waals surface area contributed by atoms with Crippen molar-refractivity contribution in [3.05, 3.63) is 35.9 Å². The Balaban J connectivity index is 2.03. The van der Waals surface area contributed by atoms with Gasteiger partial charge in [0, 0.05) is 30.4 Å². The molecule has 106 valence electrons. The van der Waals surface area contributed by atoms with E-state index in [0.29, 0.717) is 12.1 Å². The molecule has 1 fully saturated rings. The molecule has 0 aliphatic heterocycles. The molecule has 3 heteroatoms. The van der Waals surface area contributed by atoms with Gasteiger partial charge in [-0.1, -0.05) is 30.3 Å². The number of thioether (sulfide) groups is 1. The molecule has 2 unspecified atom stereocenters. The van der Waals surface area contributed by atoms with E-state index in [4.69, 9.17) is 0 Å². The van der Waals surface area contributed by atoms with Gasteiger partial charge in [-0.05, 0) is 38.6 Å². The van der Waals surface area contributed by atoms with Gasteiger partial charge in [-0.15, -0.1) is 0 Å². The van der Waals surface area contributed by atoms with E-state index >= 15 is 0 Å². The summed E-state index contributed by atoms with van der Waals surface area (Å²) in [5, 5.41) is 3.68. The molecule has 1 aromatic rings. The summed E-state index contributed by atoms with van der Waals surface area (Å²) >= 11 is 1.93. The molecule has 1 aromatic carbocycles. The van der Waals surface area contributed by atoms with Gasteiger partial charge in [-0.3, -0.25) is 4.90 Å². The lowest BCUT2D eigenvalue weighted by Gasteiger charge is -2.33. The predicted molar refractivity (Wildman–Crippen MR) is 85.8 cm³/mol. The topological polar surface area (TPSA) is 15.3 Å². The number of nitrogens with zero attached hydrogens (tertiary/aromatic N) is 1. The Morgan fingerprint density at radius 2 is 2.00 bits per heavy atom. The van der Waals surface area contributed by atoms with Crippen LogP contribution >= 0.6 is 11.8 Å². The maximum atomic E-state index is 3.68. The number of rotatable bonds is 8. The Kier molecular flexibility index (Phi) is 5.74. The molecule has 1 saturated carbocycles. The minimum atomic E-state index is 0.476. The summed E-state index contributed by atoms with van der Waals surface area (Å²) in [5.41, 5.74) is 1.42. The highest BCUT2D eigenvalue weighted by molar-refractivity contribution is 7.98. The van der Waals surface area contributed by atoms with Gasteiger partial charge < -0.3 is 5.32 Å². The maximum absolute atomic E-state index is 3.68. The fourth-order valence-corrected chi connectivity index (χ4v) is 3.12. The Labute approximate surface area is 122 Å². The molecular weight excluding hydrogens is 252 g/mol. The largest absolute Gasteiger partial charge is 0.312 e. The normalized spacial score (nSPS) is 18.5. The van der Waals surface area contributed by atoms with Gasteiger partial charge in [0.15, 0.2) is 0 Å². The molecule has 0 saturated heterocycles. The summed E-state index contributed by atoms with van der Waals surface area (Å²) in [6, 6.07) is 12.7. The zero-order chi connectivity index (χ0) is 13.7. The van der Waals surface area contributed by atoms with E-state index in [-0.39, 0.29) is 0 Å². The molecule has 2 atom stereocenters. The van der Waals surface area contributed by atoms with Gasteiger partial charge >= 0.3 is 0 Å². The Bertz CT molecular complexity index is 364. The Morgan fingerprint density at radius 3 is 2.58 bits per heavy atom. The third-order valence-electron chi connectivity index (χ3n) is 3.96. The van der Waals surface area contributed by atoms with Gasteiger partial charge in [-0.25, -0.2) is 0 Å². The number of likely N-dealkylation sites (N-methyl/N-ethyl adjacent to an activating group) is 1. The highest BCUT2D eigenvalue weighted by Gasteiger charge is 2.25. The van der Waals surface area contributed by atoms with Crippen LogP contribution in [0, 0.1) is 0 Å². The summed E-state index contributed by atoms with van der Waals surface area (Å²) < 4.78 is 0. The van der Waals surface area contributed by atoms with E-state index in [9.17, 15) is 0 Å². The smallest absolute Gasteiger partial charge is 0.0472 e. The van der Waals surface area contributed by atoms with Crippen molar-refractivity contribution in [2.24, 2.45) is 0 Å². The van der Waals surface area contributed by atoms with E-state index in [1.807, 2.05) is 11.8 Å². The van der Waals surface area contributed by atoms with Crippen molar-refractivity contribution in [3.8, 4) is 0 Å². The van der Waals surface area contributed by atoms with Crippen molar-refractivity contribution >= 4 is 11.8 Å². The van der Waals surface area contributed by atoms with Gasteiger partial charge in [-0.2, -0.15) is 11.8 Å². The molecule has 0 bridgehead atoms. The Morgan fingerprint density at radius 1 is 1.32 bits per heavy atom. The first kappa shape index (κ1) is 14.9. The van der Waals surface area contributed by atoms with Crippen LogP contribution in [0.1, 0.15) is 31.4 Å². The van der Waals surface area contributed by atoms with Crippen LogP contribution in [0.2, 0.25) is 0 Å². The van der Waals surface area contributed by atoms with E-state index in [0.717, 1.165) is 12.6 Å². The fraction of sp³-hybridized carbons (Fsp3) is 0.625. The maximum Gasteiger partial charge on any atom is 0.0472 e. The standard InChI is InChI=1S/C16H26N2S/c1-13(12-19-3)18(2)16(11-17-15-9-10-15)14-7-5-4-6-8-14/h4-8,13,15-17H,9-12H2,1-3H3. The van der Waals surface area contributed by atoms with E-state index in [1.54, 1.807) is 0 Å². The summed E-state index contributed by atoms with van der Waals surface area (Å²) in [6.07, 6.45) is 4.89. The second kappa shape index (κ2) is 7.32. The van der Waals surface area contributed by atoms with E-state index < -0.39 is 0 Å². The summed E-state index contributed by atoms with van der Waals surface area (Å²) in [4.78, 5) is 2.52. The highest BCUT2D eigenvalue weighted by Crippen LogP contribution is 2.24. The lowest BCUT2D eigenvalue weighted by Crippen LogP contribution is -2.40. The van der Waals surface area contributed by atoms with Crippen LogP contribution in [-0.4, -0.2) is 42.6 Å². The van der Waals surface area contributed by atoms with Crippen LogP contribution in [-0.2, 0) is 0 Å². The second-order valence-corrected chi connectivity index (χ2v) is 6.49. The molecule has 0 heterocycles. The zero-order valence-corrected chi connectivity index (χ0v) is 13.1. The molecule has 0 radical (unpaired) electrons. The van der Waals surface area contributed by atoms with Gasteiger partial charge in [0.25, 0.3) is 0 Å². The number of benzene rings is 1. The minimum Gasteiger partial charge on any atom is -0.312 e. The van der Waals surface area contributed by atoms with Crippen LogP contribution < -0.4 is 5.32 Å². The van der Waals surface area contributed by atoms with E-state index in [1.165, 1.54) is 24.2 Å². The molecule has 1 aliphatic rings. The second-order valence-electron chi connectivity index (χ2n) is 5.58. The lowest BCUT2D eigenvalue weighted by atomic mass is 10.0. The van der Waals surface area contributed by atoms with Crippen molar-refractivity contribution in [2.75, 3.05) is 25.6 Å². The molecule has 2 nitrogen and oxygen atoms in total. The van der Waals surface area contributed by atoms with Crippen LogP contribution in [0.5, 0.6) is 0 Å². The lowest BCUT2D eigenvalue weighted by molar-refractivity contribution is 0.194. The van der Waals surface area contributed by atoms with Gasteiger partial charge in [0.1, 0.15) is 0 Å². The molecule has 0 aromatic heterocycles. The van der Waals surface area contributed by atoms with E-state index in [2.05, 4.69) is 60.8 Å². The fourth-order valence-electron chi connectivity index (χ4n) is 2.40. The quantitative estimate of drug-likeness (QED) is 0.786. The number of nitrogens with one attached hydrogen (secondary N) is 1. The SMILES string of the molecule is CSCC(C)N(C)C(CNC1CC1)c1ccccc1. The van der Waals surface area contributed by atoms with Crippen molar-refractivity contribution in [1.82, 2.24) is 10.2 Å². The molecule has 2 rings (SSSR count). The first-order valence-corrected chi connectivity index (χ1v) is 8.61. The zero-order valence-electron chi connectivity index (χ0n) is 12.3. The number of hydrogen-bond donors (Lipinski definition) is 1. The van der Waals surface area contributed by atoms with Gasteiger partial charge in [0.05, 0.1) is 0 Å². The molecule has 1 aliphatic carbocycles. The van der Waals surface area contributed by atoms with Crippen LogP contribution in [0.15, 0.2) is 30.3 Å². The summed E-state index contributed by atoms with van der Waals surface area (Å²) in [5.74, 6) is 1.18. The molecule has 0 amide bonds. The van der Waals surface area contributed by atoms with Crippen LogP contribution in [0.4, 0.5) is 0 Å².